The van der Waals surface area contributed by atoms with E-state index in [0.29, 0.717) is 6.54 Å². The number of hydrogen-bond acceptors (Lipinski definition) is 5. The summed E-state index contributed by atoms with van der Waals surface area (Å²) in [6.45, 7) is 1.43. The van der Waals surface area contributed by atoms with Crippen molar-refractivity contribution < 1.29 is 18.7 Å². The number of esters is 1. The second-order valence-corrected chi connectivity index (χ2v) is 4.83. The van der Waals surface area contributed by atoms with Gasteiger partial charge in [-0.3, -0.25) is 9.59 Å². The summed E-state index contributed by atoms with van der Waals surface area (Å²) >= 11 is 1.53. The van der Waals surface area contributed by atoms with Crippen LogP contribution in [0.15, 0.2) is 34.3 Å². The van der Waals surface area contributed by atoms with Crippen molar-refractivity contribution in [1.29, 1.82) is 0 Å². The molecule has 19 heavy (non-hydrogen) atoms. The topological polar surface area (TPSA) is 68.5 Å². The van der Waals surface area contributed by atoms with Crippen LogP contribution < -0.4 is 5.32 Å². The van der Waals surface area contributed by atoms with Gasteiger partial charge in [0.05, 0.1) is 12.8 Å². The molecule has 1 amide bonds. The van der Waals surface area contributed by atoms with Gasteiger partial charge < -0.3 is 14.5 Å². The summed E-state index contributed by atoms with van der Waals surface area (Å²) in [6, 6.07) is 5.66. The smallest absolute Gasteiger partial charge is 0.303 e. The lowest BCUT2D eigenvalue weighted by Gasteiger charge is -2.03. The molecule has 0 saturated heterocycles. The van der Waals surface area contributed by atoms with Gasteiger partial charge in [0.15, 0.2) is 6.61 Å². The molecule has 0 unspecified atom stereocenters. The molecular weight excluding hydrogens is 266 g/mol. The maximum absolute atomic E-state index is 11.4. The number of furan rings is 1. The Morgan fingerprint density at radius 3 is 3.00 bits per heavy atom. The van der Waals surface area contributed by atoms with Crippen LogP contribution in [0.1, 0.15) is 11.8 Å². The van der Waals surface area contributed by atoms with Crippen LogP contribution in [0.25, 0.3) is 11.3 Å². The Morgan fingerprint density at radius 2 is 2.32 bits per heavy atom. The highest BCUT2D eigenvalue weighted by Crippen LogP contribution is 2.25. The summed E-state index contributed by atoms with van der Waals surface area (Å²) in [5.41, 5.74) is 0.985. The van der Waals surface area contributed by atoms with E-state index in [2.05, 4.69) is 10.1 Å². The lowest BCUT2D eigenvalue weighted by Crippen LogP contribution is -2.27. The van der Waals surface area contributed by atoms with Gasteiger partial charge in [-0.25, -0.2) is 0 Å². The van der Waals surface area contributed by atoms with Crippen molar-refractivity contribution in [2.24, 2.45) is 0 Å². The third-order valence-electron chi connectivity index (χ3n) is 2.33. The number of nitrogens with one attached hydrogen (secondary N) is 1. The number of carbonyl (C=O) groups is 2. The van der Waals surface area contributed by atoms with Crippen LogP contribution in [0.3, 0.4) is 0 Å². The molecule has 2 rings (SSSR count). The Labute approximate surface area is 114 Å². The molecule has 0 bridgehead atoms. The highest BCUT2D eigenvalue weighted by molar-refractivity contribution is 7.10. The van der Waals surface area contributed by atoms with Gasteiger partial charge in [0, 0.05) is 22.7 Å². The van der Waals surface area contributed by atoms with E-state index in [1.807, 2.05) is 23.6 Å². The predicted molar refractivity (Wildman–Crippen MR) is 70.5 cm³/mol. The van der Waals surface area contributed by atoms with Crippen LogP contribution in [-0.4, -0.2) is 18.5 Å². The molecule has 0 aliphatic carbocycles. The molecular formula is C13H13NO4S. The van der Waals surface area contributed by atoms with Gasteiger partial charge in [-0.1, -0.05) is 0 Å². The first kappa shape index (κ1) is 13.4. The number of carbonyl (C=O) groups excluding carboxylic acids is 2. The van der Waals surface area contributed by atoms with Crippen LogP contribution in [0, 0.1) is 0 Å². The second-order valence-electron chi connectivity index (χ2n) is 3.84. The van der Waals surface area contributed by atoms with Gasteiger partial charge in [-0.2, -0.15) is 0 Å². The summed E-state index contributed by atoms with van der Waals surface area (Å²) in [7, 11) is 0. The van der Waals surface area contributed by atoms with E-state index in [9.17, 15) is 9.59 Å². The van der Waals surface area contributed by atoms with E-state index < -0.39 is 5.97 Å². The number of thiophene rings is 1. The summed E-state index contributed by atoms with van der Waals surface area (Å²) in [5.74, 6) is 0.0169. The fraction of sp³-hybridized carbons (Fsp3) is 0.231. The molecule has 0 radical (unpaired) electrons. The molecule has 100 valence electrons. The Bertz CT molecular complexity index is 559. The maximum Gasteiger partial charge on any atom is 0.303 e. The molecule has 2 heterocycles. The van der Waals surface area contributed by atoms with Gasteiger partial charge in [0.2, 0.25) is 0 Å². The molecule has 6 heteroatoms. The number of ether oxygens (including phenoxy) is 1. The van der Waals surface area contributed by atoms with Gasteiger partial charge in [0.25, 0.3) is 5.91 Å². The molecule has 0 saturated carbocycles. The largest absolute Gasteiger partial charge is 0.464 e. The Kier molecular flexibility index (Phi) is 4.35. The molecule has 0 aliphatic heterocycles. The second kappa shape index (κ2) is 6.19. The maximum atomic E-state index is 11.4. The first-order chi connectivity index (χ1) is 9.15. The molecule has 2 aromatic rings. The van der Waals surface area contributed by atoms with Gasteiger partial charge in [-0.05, 0) is 18.2 Å². The summed E-state index contributed by atoms with van der Waals surface area (Å²) in [6.07, 6.45) is 1.62. The van der Waals surface area contributed by atoms with E-state index >= 15 is 0 Å². The lowest BCUT2D eigenvalue weighted by molar-refractivity contribution is -0.146. The van der Waals surface area contributed by atoms with Crippen LogP contribution >= 0.6 is 11.3 Å². The minimum atomic E-state index is -0.466. The molecule has 0 atom stereocenters. The quantitative estimate of drug-likeness (QED) is 0.852. The molecule has 0 spiro atoms. The van der Waals surface area contributed by atoms with E-state index in [1.165, 1.54) is 18.3 Å². The number of amides is 1. The van der Waals surface area contributed by atoms with E-state index in [-0.39, 0.29) is 12.5 Å². The van der Waals surface area contributed by atoms with E-state index in [4.69, 9.17) is 4.42 Å². The molecule has 0 aliphatic rings. The Morgan fingerprint density at radius 1 is 1.47 bits per heavy atom. The number of hydrogen-bond donors (Lipinski definition) is 1. The number of rotatable bonds is 5. The van der Waals surface area contributed by atoms with E-state index in [0.717, 1.165) is 16.2 Å². The van der Waals surface area contributed by atoms with Crippen LogP contribution in [0.2, 0.25) is 0 Å². The zero-order valence-electron chi connectivity index (χ0n) is 10.3. The van der Waals surface area contributed by atoms with Crippen molar-refractivity contribution in [3.05, 3.63) is 34.7 Å². The van der Waals surface area contributed by atoms with Crippen LogP contribution in [0.5, 0.6) is 0 Å². The third kappa shape index (κ3) is 3.96. The van der Waals surface area contributed by atoms with Crippen molar-refractivity contribution in [2.45, 2.75) is 13.5 Å². The predicted octanol–water partition coefficient (Wildman–Crippen LogP) is 2.19. The zero-order chi connectivity index (χ0) is 13.7. The van der Waals surface area contributed by atoms with Gasteiger partial charge >= 0.3 is 5.97 Å². The van der Waals surface area contributed by atoms with E-state index in [1.54, 1.807) is 6.26 Å². The van der Waals surface area contributed by atoms with Crippen molar-refractivity contribution in [3.63, 3.8) is 0 Å². The van der Waals surface area contributed by atoms with Gasteiger partial charge in [0.1, 0.15) is 5.76 Å². The Balaban J connectivity index is 1.84. The monoisotopic (exact) mass is 279 g/mol. The van der Waals surface area contributed by atoms with Crippen LogP contribution in [0.4, 0.5) is 0 Å². The summed E-state index contributed by atoms with van der Waals surface area (Å²) in [4.78, 5) is 22.9. The minimum Gasteiger partial charge on any atom is -0.464 e. The Hall–Kier alpha value is -2.08. The first-order valence-corrected chi connectivity index (χ1v) is 6.54. The summed E-state index contributed by atoms with van der Waals surface area (Å²) < 4.78 is 9.88. The molecule has 1 N–H and O–H groups in total. The van der Waals surface area contributed by atoms with Crippen molar-refractivity contribution in [3.8, 4) is 11.3 Å². The lowest BCUT2D eigenvalue weighted by atomic mass is 10.2. The normalized spacial score (nSPS) is 10.2. The highest BCUT2D eigenvalue weighted by Gasteiger charge is 2.07. The fourth-order valence-electron chi connectivity index (χ4n) is 1.45. The average Bonchev–Trinajstić information content (AvgIpc) is 3.03. The molecule has 5 nitrogen and oxygen atoms in total. The van der Waals surface area contributed by atoms with Crippen LogP contribution in [-0.2, 0) is 20.9 Å². The standard InChI is InChI=1S/C13H13NO4S/c1-9(15)18-7-13(16)14-6-11-5-10(8-19-11)12-3-2-4-17-12/h2-5,8H,6-7H2,1H3,(H,14,16). The first-order valence-electron chi connectivity index (χ1n) is 5.66. The molecule has 2 aromatic heterocycles. The molecule has 0 aromatic carbocycles. The summed E-state index contributed by atoms with van der Waals surface area (Å²) in [5, 5.41) is 4.64. The zero-order valence-corrected chi connectivity index (χ0v) is 11.2. The van der Waals surface area contributed by atoms with Crippen molar-refractivity contribution >= 4 is 23.2 Å². The SMILES string of the molecule is CC(=O)OCC(=O)NCc1cc(-c2ccco2)cs1. The highest BCUT2D eigenvalue weighted by atomic mass is 32.1. The van der Waals surface area contributed by atoms with Crippen molar-refractivity contribution in [2.75, 3.05) is 6.61 Å². The van der Waals surface area contributed by atoms with Gasteiger partial charge in [-0.15, -0.1) is 11.3 Å². The minimum absolute atomic E-state index is 0.244. The molecule has 0 fully saturated rings. The fourth-order valence-corrected chi connectivity index (χ4v) is 2.26. The third-order valence-corrected chi connectivity index (χ3v) is 3.26. The average molecular weight is 279 g/mol. The van der Waals surface area contributed by atoms with Crippen molar-refractivity contribution in [1.82, 2.24) is 5.32 Å².